The maximum Gasteiger partial charge on any atom is 0.270 e. The van der Waals surface area contributed by atoms with Crippen LogP contribution in [0.5, 0.6) is 0 Å². The van der Waals surface area contributed by atoms with Crippen molar-refractivity contribution in [1.82, 2.24) is 19.8 Å². The van der Waals surface area contributed by atoms with Gasteiger partial charge in [-0.3, -0.25) is 14.4 Å². The van der Waals surface area contributed by atoms with Crippen LogP contribution in [0.25, 0.3) is 21.8 Å². The number of carbonyl (C=O) groups is 3. The SMILES string of the molecule is C[C@H](c1c[nH]c2ccccc12)[C@@H](NC(=O)C1CCN(C(=O)c2cc3ccccc3n2C)CC1)C(=O)Nc1cccc(CN)c1. The zero-order valence-corrected chi connectivity index (χ0v) is 25.0. The monoisotopic (exact) mass is 590 g/mol. The van der Waals surface area contributed by atoms with Gasteiger partial charge < -0.3 is 30.8 Å². The number of hydrogen-bond donors (Lipinski definition) is 4. The fourth-order valence-electron chi connectivity index (χ4n) is 6.34. The van der Waals surface area contributed by atoms with Gasteiger partial charge in [-0.2, -0.15) is 0 Å². The average Bonchev–Trinajstić information content (AvgIpc) is 3.64. The van der Waals surface area contributed by atoms with Crippen molar-refractivity contribution in [2.24, 2.45) is 18.7 Å². The number of nitrogens with zero attached hydrogens (tertiary/aromatic N) is 2. The van der Waals surface area contributed by atoms with Gasteiger partial charge >= 0.3 is 0 Å². The molecule has 3 aromatic carbocycles. The number of anilines is 1. The van der Waals surface area contributed by atoms with Crippen molar-refractivity contribution in [3.63, 3.8) is 0 Å². The Bertz CT molecular complexity index is 1830. The lowest BCUT2D eigenvalue weighted by atomic mass is 9.90. The second-order valence-corrected chi connectivity index (χ2v) is 11.7. The third kappa shape index (κ3) is 5.70. The number of likely N-dealkylation sites (tertiary alicyclic amines) is 1. The lowest BCUT2D eigenvalue weighted by molar-refractivity contribution is -0.130. The highest BCUT2D eigenvalue weighted by Crippen LogP contribution is 2.30. The molecule has 3 heterocycles. The Kier molecular flexibility index (Phi) is 8.21. The van der Waals surface area contributed by atoms with Crippen molar-refractivity contribution < 1.29 is 14.4 Å². The summed E-state index contributed by atoms with van der Waals surface area (Å²) in [6.07, 6.45) is 2.96. The van der Waals surface area contributed by atoms with E-state index in [0.717, 1.165) is 32.9 Å². The fraction of sp³-hybridized carbons (Fsp3) is 0.286. The quantitative estimate of drug-likeness (QED) is 0.205. The number of H-pyrrole nitrogens is 1. The summed E-state index contributed by atoms with van der Waals surface area (Å²) in [5.41, 5.74) is 10.9. The van der Waals surface area contributed by atoms with Crippen molar-refractivity contribution in [1.29, 1.82) is 0 Å². The van der Waals surface area contributed by atoms with E-state index in [-0.39, 0.29) is 29.6 Å². The van der Waals surface area contributed by atoms with Crippen LogP contribution in [0.1, 0.15) is 47.3 Å². The van der Waals surface area contributed by atoms with E-state index >= 15 is 0 Å². The van der Waals surface area contributed by atoms with Crippen molar-refractivity contribution in [2.75, 3.05) is 18.4 Å². The zero-order chi connectivity index (χ0) is 30.8. The van der Waals surface area contributed by atoms with Gasteiger partial charge in [-0.1, -0.05) is 55.5 Å². The van der Waals surface area contributed by atoms with Gasteiger partial charge in [0.1, 0.15) is 11.7 Å². The molecule has 0 unspecified atom stereocenters. The minimum atomic E-state index is -0.821. The molecule has 226 valence electrons. The molecule has 1 aliphatic heterocycles. The van der Waals surface area contributed by atoms with Crippen molar-refractivity contribution >= 4 is 45.2 Å². The number of amides is 3. The van der Waals surface area contributed by atoms with E-state index in [4.69, 9.17) is 5.73 Å². The number of nitrogens with two attached hydrogens (primary N) is 1. The molecule has 2 aromatic heterocycles. The second-order valence-electron chi connectivity index (χ2n) is 11.7. The molecule has 6 rings (SSSR count). The highest BCUT2D eigenvalue weighted by molar-refractivity contribution is 6.00. The Morgan fingerprint density at radius 3 is 2.50 bits per heavy atom. The summed E-state index contributed by atoms with van der Waals surface area (Å²) in [7, 11) is 1.90. The predicted octanol–water partition coefficient (Wildman–Crippen LogP) is 4.90. The molecule has 9 nitrogen and oxygen atoms in total. The van der Waals surface area contributed by atoms with Crippen LogP contribution in [0.15, 0.2) is 85.1 Å². The van der Waals surface area contributed by atoms with E-state index in [2.05, 4.69) is 15.6 Å². The molecule has 0 radical (unpaired) electrons. The average molecular weight is 591 g/mol. The molecule has 44 heavy (non-hydrogen) atoms. The van der Waals surface area contributed by atoms with Gasteiger partial charge in [0.05, 0.1) is 0 Å². The number of hydrogen-bond acceptors (Lipinski definition) is 4. The van der Waals surface area contributed by atoms with Gasteiger partial charge in [0.15, 0.2) is 0 Å². The first kappa shape index (κ1) is 29.2. The first-order valence-corrected chi connectivity index (χ1v) is 15.1. The maximum absolute atomic E-state index is 13.8. The Balaban J connectivity index is 1.17. The van der Waals surface area contributed by atoms with Crippen molar-refractivity contribution in [2.45, 2.75) is 38.3 Å². The van der Waals surface area contributed by atoms with Crippen LogP contribution in [0, 0.1) is 5.92 Å². The summed E-state index contributed by atoms with van der Waals surface area (Å²) in [4.78, 5) is 46.0. The van der Waals surface area contributed by atoms with Gasteiger partial charge in [-0.25, -0.2) is 0 Å². The van der Waals surface area contributed by atoms with E-state index in [0.29, 0.717) is 43.9 Å². The first-order valence-electron chi connectivity index (χ1n) is 15.1. The number of benzene rings is 3. The number of nitrogens with one attached hydrogen (secondary N) is 3. The number of para-hydroxylation sites is 2. The Morgan fingerprint density at radius 1 is 0.977 bits per heavy atom. The minimum Gasteiger partial charge on any atom is -0.361 e. The molecule has 1 aliphatic rings. The van der Waals surface area contributed by atoms with Crippen LogP contribution < -0.4 is 16.4 Å². The third-order valence-electron chi connectivity index (χ3n) is 8.95. The number of aryl methyl sites for hydroxylation is 1. The fourth-order valence-corrected chi connectivity index (χ4v) is 6.34. The maximum atomic E-state index is 13.8. The molecule has 0 spiro atoms. The molecule has 1 fully saturated rings. The van der Waals surface area contributed by atoms with E-state index in [1.165, 1.54) is 0 Å². The number of aromatic amines is 1. The topological polar surface area (TPSA) is 125 Å². The predicted molar refractivity (Wildman–Crippen MR) is 173 cm³/mol. The van der Waals surface area contributed by atoms with Crippen LogP contribution >= 0.6 is 0 Å². The molecule has 2 atom stereocenters. The Labute approximate surface area is 256 Å². The summed E-state index contributed by atoms with van der Waals surface area (Å²) >= 11 is 0. The molecule has 9 heteroatoms. The Morgan fingerprint density at radius 2 is 1.73 bits per heavy atom. The van der Waals surface area contributed by atoms with E-state index < -0.39 is 6.04 Å². The smallest absolute Gasteiger partial charge is 0.270 e. The minimum absolute atomic E-state index is 0.0347. The van der Waals surface area contributed by atoms with Crippen LogP contribution in [0.4, 0.5) is 5.69 Å². The van der Waals surface area contributed by atoms with Crippen molar-refractivity contribution in [3.8, 4) is 0 Å². The summed E-state index contributed by atoms with van der Waals surface area (Å²) in [5.74, 6) is -1.14. The van der Waals surface area contributed by atoms with Crippen LogP contribution in [-0.2, 0) is 23.2 Å². The lowest BCUT2D eigenvalue weighted by Gasteiger charge is -2.33. The number of rotatable bonds is 8. The second kappa shape index (κ2) is 12.4. The third-order valence-corrected chi connectivity index (χ3v) is 8.95. The van der Waals surface area contributed by atoms with Crippen LogP contribution in [0.2, 0.25) is 0 Å². The molecular formula is C35H38N6O3. The van der Waals surface area contributed by atoms with Gasteiger partial charge in [0, 0.05) is 72.2 Å². The first-order chi connectivity index (χ1) is 21.3. The number of carbonyl (C=O) groups excluding carboxylic acids is 3. The molecule has 3 amide bonds. The van der Waals surface area contributed by atoms with Gasteiger partial charge in [-0.05, 0) is 54.3 Å². The molecular weight excluding hydrogens is 552 g/mol. The number of piperidine rings is 1. The largest absolute Gasteiger partial charge is 0.361 e. The molecule has 5 aromatic rings. The summed E-state index contributed by atoms with van der Waals surface area (Å²) in [6.45, 7) is 3.26. The Hall–Kier alpha value is -4.89. The molecule has 0 bridgehead atoms. The summed E-state index contributed by atoms with van der Waals surface area (Å²) in [6, 6.07) is 24.4. The highest BCUT2D eigenvalue weighted by Gasteiger charge is 2.34. The standard InChI is InChI=1S/C35H38N6O3/c1-22(28-21-37-29-12-5-4-11-27(28)29)32(34(43)38-26-10-7-8-23(18-26)20-36)39-33(42)24-14-16-41(17-15-24)35(44)31-19-25-9-3-6-13-30(25)40(31)2/h3-13,18-19,21-22,24,32,37H,14-17,20,36H2,1-2H3,(H,38,43)(H,39,42)/t22-,32-/m1/s1. The highest BCUT2D eigenvalue weighted by atomic mass is 16.2. The van der Waals surface area contributed by atoms with E-state index in [1.807, 2.05) is 108 Å². The summed E-state index contributed by atoms with van der Waals surface area (Å²) in [5, 5.41) is 8.13. The molecule has 0 saturated carbocycles. The van der Waals surface area contributed by atoms with Gasteiger partial charge in [0.2, 0.25) is 11.8 Å². The normalized spacial score (nSPS) is 15.3. The number of fused-ring (bicyclic) bond motifs is 2. The lowest BCUT2D eigenvalue weighted by Crippen LogP contribution is -2.50. The molecule has 5 N–H and O–H groups in total. The van der Waals surface area contributed by atoms with E-state index in [9.17, 15) is 14.4 Å². The molecule has 1 saturated heterocycles. The van der Waals surface area contributed by atoms with Gasteiger partial charge in [0.25, 0.3) is 5.91 Å². The van der Waals surface area contributed by atoms with E-state index in [1.54, 1.807) is 0 Å². The number of aromatic nitrogens is 2. The zero-order valence-electron chi connectivity index (χ0n) is 25.0. The molecule has 0 aliphatic carbocycles. The van der Waals surface area contributed by atoms with Crippen LogP contribution in [0.3, 0.4) is 0 Å². The van der Waals surface area contributed by atoms with Gasteiger partial charge in [-0.15, -0.1) is 0 Å². The van der Waals surface area contributed by atoms with Crippen LogP contribution in [-0.4, -0.2) is 51.3 Å². The van der Waals surface area contributed by atoms with Crippen molar-refractivity contribution in [3.05, 3.63) is 102 Å². The summed E-state index contributed by atoms with van der Waals surface area (Å²) < 4.78 is 1.93.